The fraction of sp³-hybridized carbons (Fsp3) is 0.333. The first-order valence-corrected chi connectivity index (χ1v) is 5.26. The Bertz CT molecular complexity index is 461. The zero-order valence-electron chi connectivity index (χ0n) is 10.1. The number of hydrogen-bond acceptors (Lipinski definition) is 4. The van der Waals surface area contributed by atoms with Crippen LogP contribution in [-0.4, -0.2) is 37.1 Å². The molecule has 5 nitrogen and oxygen atoms in total. The van der Waals surface area contributed by atoms with Crippen LogP contribution in [0.4, 0.5) is 4.39 Å². The minimum atomic E-state index is -1.10. The molecule has 1 aromatic carbocycles. The van der Waals surface area contributed by atoms with Crippen molar-refractivity contribution in [3.8, 4) is 5.75 Å². The van der Waals surface area contributed by atoms with Gasteiger partial charge in [0, 0.05) is 5.56 Å². The lowest BCUT2D eigenvalue weighted by molar-refractivity contribution is -0.137. The molecule has 0 bridgehead atoms. The van der Waals surface area contributed by atoms with Crippen LogP contribution in [0.5, 0.6) is 5.75 Å². The number of carbonyl (C=O) groups excluding carboxylic acids is 1. The summed E-state index contributed by atoms with van der Waals surface area (Å²) >= 11 is 0. The Hall–Kier alpha value is -1.95. The molecular weight excluding hydrogens is 241 g/mol. The maximum Gasteiger partial charge on any atom is 0.305 e. The number of halogens is 1. The van der Waals surface area contributed by atoms with Crippen molar-refractivity contribution >= 4 is 11.8 Å². The van der Waals surface area contributed by atoms with Crippen molar-refractivity contribution < 1.29 is 23.8 Å². The molecule has 0 aliphatic heterocycles. The molecule has 0 aromatic heterocycles. The normalized spacial score (nSPS) is 11.9. The van der Waals surface area contributed by atoms with Gasteiger partial charge in [-0.2, -0.15) is 0 Å². The molecule has 2 N–H and O–H groups in total. The van der Waals surface area contributed by atoms with E-state index < -0.39 is 23.6 Å². The van der Waals surface area contributed by atoms with Gasteiger partial charge in [-0.1, -0.05) is 0 Å². The second-order valence-corrected chi connectivity index (χ2v) is 3.65. The zero-order valence-corrected chi connectivity index (χ0v) is 10.1. The van der Waals surface area contributed by atoms with Crippen LogP contribution in [0.3, 0.4) is 0 Å². The molecular formula is C12H14FNO4. The third kappa shape index (κ3) is 3.27. The van der Waals surface area contributed by atoms with Crippen LogP contribution in [0.1, 0.15) is 16.8 Å². The molecule has 6 heteroatoms. The second kappa shape index (κ2) is 6.11. The maximum absolute atomic E-state index is 13.4. The Morgan fingerprint density at radius 2 is 2.17 bits per heavy atom. The molecule has 0 fully saturated rings. The molecule has 1 aromatic rings. The minimum absolute atomic E-state index is 0.0331. The summed E-state index contributed by atoms with van der Waals surface area (Å²) in [6.07, 6.45) is -0.358. The SMILES string of the molecule is CNC(CC(=O)O)C(=O)c1ccc(OC)c(F)c1. The van der Waals surface area contributed by atoms with Gasteiger partial charge in [0.1, 0.15) is 0 Å². The Morgan fingerprint density at radius 3 is 2.61 bits per heavy atom. The maximum atomic E-state index is 13.4. The van der Waals surface area contributed by atoms with Crippen LogP contribution in [0.25, 0.3) is 0 Å². The fourth-order valence-corrected chi connectivity index (χ4v) is 1.52. The molecule has 0 heterocycles. The van der Waals surface area contributed by atoms with Gasteiger partial charge in [-0.3, -0.25) is 9.59 Å². The Balaban J connectivity index is 2.95. The summed E-state index contributed by atoms with van der Waals surface area (Å²) < 4.78 is 18.2. The van der Waals surface area contributed by atoms with E-state index in [1.807, 2.05) is 0 Å². The van der Waals surface area contributed by atoms with Crippen molar-refractivity contribution in [2.24, 2.45) is 0 Å². The van der Waals surface area contributed by atoms with Crippen LogP contribution in [-0.2, 0) is 4.79 Å². The van der Waals surface area contributed by atoms with E-state index in [9.17, 15) is 14.0 Å². The van der Waals surface area contributed by atoms with E-state index in [1.54, 1.807) is 0 Å². The first-order valence-electron chi connectivity index (χ1n) is 5.26. The highest BCUT2D eigenvalue weighted by molar-refractivity contribution is 6.01. The Kier molecular flexibility index (Phi) is 4.79. The van der Waals surface area contributed by atoms with Gasteiger partial charge in [0.25, 0.3) is 0 Å². The van der Waals surface area contributed by atoms with E-state index in [2.05, 4.69) is 5.32 Å². The van der Waals surface area contributed by atoms with Gasteiger partial charge in [0.2, 0.25) is 0 Å². The van der Waals surface area contributed by atoms with Gasteiger partial charge in [0.05, 0.1) is 19.6 Å². The number of carboxylic acids is 1. The molecule has 98 valence electrons. The van der Waals surface area contributed by atoms with Gasteiger partial charge < -0.3 is 15.2 Å². The van der Waals surface area contributed by atoms with Crippen molar-refractivity contribution in [1.29, 1.82) is 0 Å². The highest BCUT2D eigenvalue weighted by atomic mass is 19.1. The summed E-state index contributed by atoms with van der Waals surface area (Å²) in [5.74, 6) is -2.20. The molecule has 0 radical (unpaired) electrons. The van der Waals surface area contributed by atoms with Gasteiger partial charge in [0.15, 0.2) is 17.3 Å². The summed E-state index contributed by atoms with van der Waals surface area (Å²) in [6, 6.07) is 2.88. The first-order chi connectivity index (χ1) is 8.49. The lowest BCUT2D eigenvalue weighted by Gasteiger charge is -2.13. The number of carbonyl (C=O) groups is 2. The second-order valence-electron chi connectivity index (χ2n) is 3.65. The van der Waals surface area contributed by atoms with E-state index in [-0.39, 0.29) is 17.7 Å². The lowest BCUT2D eigenvalue weighted by Crippen LogP contribution is -2.36. The zero-order chi connectivity index (χ0) is 13.7. The molecule has 1 rings (SSSR count). The van der Waals surface area contributed by atoms with Crippen LogP contribution in [0, 0.1) is 5.82 Å². The number of aliphatic carboxylic acids is 1. The Labute approximate surface area is 104 Å². The molecule has 0 aliphatic carbocycles. The third-order valence-corrected chi connectivity index (χ3v) is 2.48. The van der Waals surface area contributed by atoms with E-state index in [0.717, 1.165) is 6.07 Å². The molecule has 0 amide bonds. The van der Waals surface area contributed by atoms with Crippen molar-refractivity contribution in [3.63, 3.8) is 0 Å². The first kappa shape index (κ1) is 14.1. The van der Waals surface area contributed by atoms with E-state index in [4.69, 9.17) is 9.84 Å². The van der Waals surface area contributed by atoms with Crippen LogP contribution in [0.15, 0.2) is 18.2 Å². The highest BCUT2D eigenvalue weighted by Gasteiger charge is 2.22. The average molecular weight is 255 g/mol. The fourth-order valence-electron chi connectivity index (χ4n) is 1.52. The minimum Gasteiger partial charge on any atom is -0.494 e. The van der Waals surface area contributed by atoms with Gasteiger partial charge in [-0.15, -0.1) is 0 Å². The van der Waals surface area contributed by atoms with Crippen molar-refractivity contribution in [2.75, 3.05) is 14.2 Å². The predicted molar refractivity (Wildman–Crippen MR) is 62.4 cm³/mol. The number of hydrogen-bond donors (Lipinski definition) is 2. The van der Waals surface area contributed by atoms with Crippen LogP contribution < -0.4 is 10.1 Å². The van der Waals surface area contributed by atoms with Gasteiger partial charge >= 0.3 is 5.97 Å². The largest absolute Gasteiger partial charge is 0.494 e. The molecule has 0 saturated heterocycles. The monoisotopic (exact) mass is 255 g/mol. The van der Waals surface area contributed by atoms with E-state index in [0.29, 0.717) is 0 Å². The number of nitrogens with one attached hydrogen (secondary N) is 1. The van der Waals surface area contributed by atoms with E-state index >= 15 is 0 Å². The molecule has 18 heavy (non-hydrogen) atoms. The molecule has 1 atom stereocenters. The third-order valence-electron chi connectivity index (χ3n) is 2.48. The molecule has 0 spiro atoms. The van der Waals surface area contributed by atoms with Crippen molar-refractivity contribution in [2.45, 2.75) is 12.5 Å². The van der Waals surface area contributed by atoms with Gasteiger partial charge in [-0.25, -0.2) is 4.39 Å². The number of benzene rings is 1. The summed E-state index contributed by atoms with van der Waals surface area (Å²) in [5.41, 5.74) is 0.105. The number of methoxy groups -OCH3 is 1. The summed E-state index contributed by atoms with van der Waals surface area (Å²) in [5, 5.41) is 11.3. The summed E-state index contributed by atoms with van der Waals surface area (Å²) in [6.45, 7) is 0. The quantitative estimate of drug-likeness (QED) is 0.744. The Morgan fingerprint density at radius 1 is 1.50 bits per heavy atom. The molecule has 0 saturated carbocycles. The topological polar surface area (TPSA) is 75.6 Å². The van der Waals surface area contributed by atoms with E-state index in [1.165, 1.54) is 26.3 Å². The predicted octanol–water partition coefficient (Wildman–Crippen LogP) is 1.08. The average Bonchev–Trinajstić information content (AvgIpc) is 2.34. The lowest BCUT2D eigenvalue weighted by atomic mass is 10.0. The summed E-state index contributed by atoms with van der Waals surface area (Å²) in [7, 11) is 2.80. The smallest absolute Gasteiger partial charge is 0.305 e. The standard InChI is InChI=1S/C12H14FNO4/c1-14-9(6-11(15)16)12(17)7-3-4-10(18-2)8(13)5-7/h3-5,9,14H,6H2,1-2H3,(H,15,16). The number of ether oxygens (including phenoxy) is 1. The van der Waals surface area contributed by atoms with Crippen LogP contribution >= 0.6 is 0 Å². The number of likely N-dealkylation sites (N-methyl/N-ethyl adjacent to an activating group) is 1. The molecule has 0 aliphatic rings. The highest BCUT2D eigenvalue weighted by Crippen LogP contribution is 2.19. The number of ketones is 1. The van der Waals surface area contributed by atoms with Crippen LogP contribution in [0.2, 0.25) is 0 Å². The van der Waals surface area contributed by atoms with Crippen molar-refractivity contribution in [3.05, 3.63) is 29.6 Å². The number of Topliss-reactive ketones (excluding diaryl/α,β-unsaturated/α-hetero) is 1. The number of carboxylic acid groups (broad SMARTS) is 1. The van der Waals surface area contributed by atoms with Gasteiger partial charge in [-0.05, 0) is 25.2 Å². The number of rotatable bonds is 6. The molecule has 1 unspecified atom stereocenters. The summed E-state index contributed by atoms with van der Waals surface area (Å²) in [4.78, 5) is 22.5. The van der Waals surface area contributed by atoms with Crippen molar-refractivity contribution in [1.82, 2.24) is 5.32 Å².